The molecule has 0 bridgehead atoms. The molecule has 0 radical (unpaired) electrons. The van der Waals surface area contributed by atoms with E-state index in [0.29, 0.717) is 24.3 Å². The van der Waals surface area contributed by atoms with Crippen LogP contribution in [0.25, 0.3) is 0 Å². The maximum Gasteiger partial charge on any atom is 0.254 e. The predicted octanol–water partition coefficient (Wildman–Crippen LogP) is 3.78. The summed E-state index contributed by atoms with van der Waals surface area (Å²) in [6.07, 6.45) is 1.99. The van der Waals surface area contributed by atoms with Crippen molar-refractivity contribution in [3.63, 3.8) is 0 Å². The smallest absolute Gasteiger partial charge is 0.254 e. The highest BCUT2D eigenvalue weighted by Crippen LogP contribution is 2.22. The zero-order chi connectivity index (χ0) is 21.0. The van der Waals surface area contributed by atoms with E-state index >= 15 is 0 Å². The molecule has 1 atom stereocenters. The lowest BCUT2D eigenvalue weighted by Crippen LogP contribution is -2.37. The number of halogens is 1. The molecular weight excluding hydrogens is 369 g/mol. The molecule has 2 aromatic carbocycles. The van der Waals surface area contributed by atoms with Crippen molar-refractivity contribution in [3.8, 4) is 0 Å². The van der Waals surface area contributed by atoms with Gasteiger partial charge < -0.3 is 19.4 Å². The van der Waals surface area contributed by atoms with E-state index < -0.39 is 5.82 Å². The number of amides is 1. The van der Waals surface area contributed by atoms with Gasteiger partial charge in [-0.25, -0.2) is 4.39 Å². The van der Waals surface area contributed by atoms with Crippen molar-refractivity contribution in [2.45, 2.75) is 25.5 Å². The number of hydrogen-bond donors (Lipinski definition) is 0. The first kappa shape index (κ1) is 21.1. The van der Waals surface area contributed by atoms with E-state index in [4.69, 9.17) is 4.74 Å². The fourth-order valence-electron chi connectivity index (χ4n) is 3.56. The molecule has 2 aromatic rings. The molecule has 6 heteroatoms. The Hall–Kier alpha value is -2.60. The first-order chi connectivity index (χ1) is 13.8. The highest BCUT2D eigenvalue weighted by atomic mass is 19.1. The minimum absolute atomic E-state index is 0.0332. The number of carbonyl (C=O) groups is 1. The van der Waals surface area contributed by atoms with E-state index in [9.17, 15) is 9.18 Å². The van der Waals surface area contributed by atoms with Crippen molar-refractivity contribution in [2.24, 2.45) is 0 Å². The van der Waals surface area contributed by atoms with Crippen molar-refractivity contribution in [2.75, 3.05) is 51.1 Å². The zero-order valence-electron chi connectivity index (χ0n) is 17.7. The first-order valence-electron chi connectivity index (χ1n) is 9.99. The Bertz CT molecular complexity index is 831. The van der Waals surface area contributed by atoms with Crippen LogP contribution in [0.4, 0.5) is 15.8 Å². The number of hydrogen-bond acceptors (Lipinski definition) is 4. The third kappa shape index (κ3) is 5.26. The standard InChI is InChI=1S/C23H30FN3O2/c1-25(2)19-10-7-17(8-11-19)15-27(16-20-6-5-13-29-20)23(28)18-9-12-22(26(3)4)21(24)14-18/h7-12,14,20H,5-6,13,15-16H2,1-4H3. The molecule has 156 valence electrons. The van der Waals surface area contributed by atoms with Gasteiger partial charge in [0.25, 0.3) is 5.91 Å². The average Bonchev–Trinajstić information content (AvgIpc) is 3.20. The molecule has 1 saturated heterocycles. The van der Waals surface area contributed by atoms with Gasteiger partial charge in [0.15, 0.2) is 0 Å². The summed E-state index contributed by atoms with van der Waals surface area (Å²) in [6.45, 7) is 1.70. The quantitative estimate of drug-likeness (QED) is 0.710. The Morgan fingerprint density at radius 2 is 1.79 bits per heavy atom. The molecule has 1 unspecified atom stereocenters. The molecule has 0 aliphatic carbocycles. The maximum atomic E-state index is 14.4. The van der Waals surface area contributed by atoms with E-state index in [1.165, 1.54) is 6.07 Å². The summed E-state index contributed by atoms with van der Waals surface area (Å²) in [5, 5.41) is 0. The van der Waals surface area contributed by atoms with E-state index in [1.54, 1.807) is 36.0 Å². The molecule has 0 N–H and O–H groups in total. The lowest BCUT2D eigenvalue weighted by Gasteiger charge is -2.26. The monoisotopic (exact) mass is 399 g/mol. The van der Waals surface area contributed by atoms with Gasteiger partial charge in [-0.3, -0.25) is 4.79 Å². The van der Waals surface area contributed by atoms with Crippen molar-refractivity contribution >= 4 is 17.3 Å². The summed E-state index contributed by atoms with van der Waals surface area (Å²) >= 11 is 0. The summed E-state index contributed by atoms with van der Waals surface area (Å²) in [5.74, 6) is -0.574. The number of rotatable bonds is 7. The molecule has 1 fully saturated rings. The van der Waals surface area contributed by atoms with E-state index in [2.05, 4.69) is 0 Å². The second-order valence-electron chi connectivity index (χ2n) is 7.94. The molecule has 1 heterocycles. The Morgan fingerprint density at radius 3 is 2.34 bits per heavy atom. The summed E-state index contributed by atoms with van der Waals surface area (Å²) in [6, 6.07) is 12.8. The van der Waals surface area contributed by atoms with Crippen molar-refractivity contribution < 1.29 is 13.9 Å². The van der Waals surface area contributed by atoms with Crippen molar-refractivity contribution in [1.82, 2.24) is 4.90 Å². The average molecular weight is 400 g/mol. The molecule has 0 aromatic heterocycles. The summed E-state index contributed by atoms with van der Waals surface area (Å²) in [7, 11) is 7.55. The highest BCUT2D eigenvalue weighted by Gasteiger charge is 2.24. The van der Waals surface area contributed by atoms with Gasteiger partial charge in [-0.1, -0.05) is 12.1 Å². The van der Waals surface area contributed by atoms with Gasteiger partial charge in [0.1, 0.15) is 5.82 Å². The molecule has 1 amide bonds. The van der Waals surface area contributed by atoms with Crippen LogP contribution in [0.1, 0.15) is 28.8 Å². The highest BCUT2D eigenvalue weighted by molar-refractivity contribution is 5.94. The van der Waals surface area contributed by atoms with Crippen molar-refractivity contribution in [1.29, 1.82) is 0 Å². The molecule has 0 saturated carbocycles. The minimum atomic E-state index is -0.395. The van der Waals surface area contributed by atoms with Gasteiger partial charge in [-0.15, -0.1) is 0 Å². The topological polar surface area (TPSA) is 36.0 Å². The lowest BCUT2D eigenvalue weighted by molar-refractivity contribution is 0.0507. The lowest BCUT2D eigenvalue weighted by atomic mass is 10.1. The van der Waals surface area contributed by atoms with Gasteiger partial charge >= 0.3 is 0 Å². The number of nitrogens with zero attached hydrogens (tertiary/aromatic N) is 3. The second kappa shape index (κ2) is 9.27. The number of ether oxygens (including phenoxy) is 1. The Morgan fingerprint density at radius 1 is 1.07 bits per heavy atom. The Balaban J connectivity index is 1.82. The first-order valence-corrected chi connectivity index (χ1v) is 9.99. The van der Waals surface area contributed by atoms with Crippen LogP contribution in [0.5, 0.6) is 0 Å². The second-order valence-corrected chi connectivity index (χ2v) is 7.94. The predicted molar refractivity (Wildman–Crippen MR) is 115 cm³/mol. The summed E-state index contributed by atoms with van der Waals surface area (Å²) in [4.78, 5) is 18.7. The molecule has 1 aliphatic rings. The molecule has 29 heavy (non-hydrogen) atoms. The fourth-order valence-corrected chi connectivity index (χ4v) is 3.56. The largest absolute Gasteiger partial charge is 0.378 e. The van der Waals surface area contributed by atoms with Crippen LogP contribution in [0.15, 0.2) is 42.5 Å². The van der Waals surface area contributed by atoms with Crippen LogP contribution >= 0.6 is 0 Å². The number of benzene rings is 2. The number of carbonyl (C=O) groups excluding carboxylic acids is 1. The van der Waals surface area contributed by atoms with Crippen LogP contribution in [0.2, 0.25) is 0 Å². The Kier molecular flexibility index (Phi) is 6.75. The van der Waals surface area contributed by atoms with Gasteiger partial charge in [-0.05, 0) is 48.7 Å². The minimum Gasteiger partial charge on any atom is -0.378 e. The summed E-state index contributed by atoms with van der Waals surface area (Å²) < 4.78 is 20.2. The Labute approximate surface area is 172 Å². The maximum absolute atomic E-state index is 14.4. The molecule has 5 nitrogen and oxygen atoms in total. The van der Waals surface area contributed by atoms with Gasteiger partial charge in [0, 0.05) is 59.1 Å². The van der Waals surface area contributed by atoms with E-state index in [-0.39, 0.29) is 12.0 Å². The summed E-state index contributed by atoms with van der Waals surface area (Å²) in [5.41, 5.74) is 2.96. The SMILES string of the molecule is CN(C)c1ccc(CN(CC2CCCO2)C(=O)c2ccc(N(C)C)c(F)c2)cc1. The van der Waals surface area contributed by atoms with E-state index in [1.807, 2.05) is 43.3 Å². The van der Waals surface area contributed by atoms with E-state index in [0.717, 1.165) is 30.7 Å². The van der Waals surface area contributed by atoms with Crippen LogP contribution in [0.3, 0.4) is 0 Å². The van der Waals surface area contributed by atoms with Crippen LogP contribution in [-0.4, -0.2) is 58.3 Å². The van der Waals surface area contributed by atoms with Gasteiger partial charge in [0.05, 0.1) is 11.8 Å². The van der Waals surface area contributed by atoms with Crippen LogP contribution < -0.4 is 9.80 Å². The molecule has 0 spiro atoms. The van der Waals surface area contributed by atoms with Crippen LogP contribution in [-0.2, 0) is 11.3 Å². The third-order valence-corrected chi connectivity index (χ3v) is 5.24. The number of anilines is 2. The third-order valence-electron chi connectivity index (χ3n) is 5.24. The van der Waals surface area contributed by atoms with Crippen LogP contribution in [0, 0.1) is 5.82 Å². The zero-order valence-corrected chi connectivity index (χ0v) is 17.7. The normalized spacial score (nSPS) is 16.0. The van der Waals surface area contributed by atoms with Gasteiger partial charge in [0.2, 0.25) is 0 Å². The van der Waals surface area contributed by atoms with Crippen molar-refractivity contribution in [3.05, 3.63) is 59.4 Å². The molecule has 3 rings (SSSR count). The fraction of sp³-hybridized carbons (Fsp3) is 0.435. The molecular formula is C23H30FN3O2. The van der Waals surface area contributed by atoms with Gasteiger partial charge in [-0.2, -0.15) is 0 Å². The molecule has 1 aliphatic heterocycles.